The summed E-state index contributed by atoms with van der Waals surface area (Å²) in [6.07, 6.45) is 2.26. The molecule has 1 aliphatic heterocycles. The molecule has 1 aromatic rings. The number of thioether (sulfide) groups is 1. The van der Waals surface area contributed by atoms with Crippen LogP contribution in [0.4, 0.5) is 5.69 Å². The molecular formula is C12H18N2O2S2. The molecule has 1 heterocycles. The van der Waals surface area contributed by atoms with Gasteiger partial charge >= 0.3 is 0 Å². The standard InChI is InChI=1S/C12H18N2O2S2/c1-9-4-5-11(7-12(9)13)18(15,16)14-8-10-3-2-6-17-10/h4-5,7,10,14H,2-3,6,8,13H2,1H3. The normalized spacial score (nSPS) is 20.2. The van der Waals surface area contributed by atoms with Gasteiger partial charge in [-0.3, -0.25) is 0 Å². The van der Waals surface area contributed by atoms with Gasteiger partial charge in [-0.1, -0.05) is 6.07 Å². The highest BCUT2D eigenvalue weighted by Crippen LogP contribution is 2.26. The third-order valence-electron chi connectivity index (χ3n) is 3.09. The molecule has 0 bridgehead atoms. The maximum atomic E-state index is 12.1. The van der Waals surface area contributed by atoms with Crippen molar-refractivity contribution in [1.29, 1.82) is 0 Å². The maximum Gasteiger partial charge on any atom is 0.240 e. The first kappa shape index (κ1) is 13.7. The monoisotopic (exact) mass is 286 g/mol. The molecule has 4 nitrogen and oxygen atoms in total. The smallest absolute Gasteiger partial charge is 0.240 e. The second-order valence-electron chi connectivity index (χ2n) is 4.51. The van der Waals surface area contributed by atoms with Crippen LogP contribution in [0.25, 0.3) is 0 Å². The van der Waals surface area contributed by atoms with Crippen LogP contribution in [0, 0.1) is 6.92 Å². The van der Waals surface area contributed by atoms with Crippen LogP contribution in [0.1, 0.15) is 18.4 Å². The van der Waals surface area contributed by atoms with Gasteiger partial charge in [0, 0.05) is 17.5 Å². The second kappa shape index (κ2) is 5.50. The molecule has 3 N–H and O–H groups in total. The topological polar surface area (TPSA) is 72.2 Å². The Balaban J connectivity index is 2.07. The number of benzene rings is 1. The summed E-state index contributed by atoms with van der Waals surface area (Å²) in [5.74, 6) is 1.13. The molecule has 1 unspecified atom stereocenters. The summed E-state index contributed by atoms with van der Waals surface area (Å²) in [6.45, 7) is 2.36. The van der Waals surface area contributed by atoms with E-state index >= 15 is 0 Å². The van der Waals surface area contributed by atoms with E-state index in [9.17, 15) is 8.42 Å². The van der Waals surface area contributed by atoms with Crippen molar-refractivity contribution in [3.05, 3.63) is 23.8 Å². The molecule has 2 rings (SSSR count). The summed E-state index contributed by atoms with van der Waals surface area (Å²) in [4.78, 5) is 0.244. The van der Waals surface area contributed by atoms with Crippen molar-refractivity contribution in [3.63, 3.8) is 0 Å². The highest BCUT2D eigenvalue weighted by Gasteiger charge is 2.20. The molecule has 1 atom stereocenters. The summed E-state index contributed by atoms with van der Waals surface area (Å²) < 4.78 is 26.8. The molecule has 0 aromatic heterocycles. The summed E-state index contributed by atoms with van der Waals surface area (Å²) >= 11 is 1.83. The number of hydrogen-bond acceptors (Lipinski definition) is 4. The van der Waals surface area contributed by atoms with E-state index in [4.69, 9.17) is 5.73 Å². The van der Waals surface area contributed by atoms with Crippen molar-refractivity contribution in [2.75, 3.05) is 18.0 Å². The first-order valence-electron chi connectivity index (χ1n) is 5.96. The lowest BCUT2D eigenvalue weighted by atomic mass is 10.2. The van der Waals surface area contributed by atoms with Gasteiger partial charge in [-0.15, -0.1) is 0 Å². The molecule has 6 heteroatoms. The summed E-state index contributed by atoms with van der Waals surface area (Å²) in [5, 5.41) is 0.405. The number of hydrogen-bond donors (Lipinski definition) is 2. The Morgan fingerprint density at radius 1 is 1.50 bits per heavy atom. The largest absolute Gasteiger partial charge is 0.398 e. The van der Waals surface area contributed by atoms with E-state index in [0.717, 1.165) is 17.7 Å². The van der Waals surface area contributed by atoms with Gasteiger partial charge in [-0.2, -0.15) is 11.8 Å². The van der Waals surface area contributed by atoms with Gasteiger partial charge in [0.1, 0.15) is 0 Å². The van der Waals surface area contributed by atoms with Crippen LogP contribution in [0.2, 0.25) is 0 Å². The lowest BCUT2D eigenvalue weighted by molar-refractivity contribution is 0.579. The molecule has 1 aliphatic rings. The van der Waals surface area contributed by atoms with Crippen molar-refractivity contribution < 1.29 is 8.42 Å². The predicted octanol–water partition coefficient (Wildman–Crippen LogP) is 1.75. The molecule has 100 valence electrons. The van der Waals surface area contributed by atoms with Crippen LogP contribution in [0.5, 0.6) is 0 Å². The first-order valence-corrected chi connectivity index (χ1v) is 8.49. The number of nitrogens with two attached hydrogens (primary N) is 1. The highest BCUT2D eigenvalue weighted by molar-refractivity contribution is 8.00. The van der Waals surface area contributed by atoms with Crippen molar-refractivity contribution >= 4 is 27.5 Å². The molecule has 0 radical (unpaired) electrons. The zero-order valence-electron chi connectivity index (χ0n) is 10.3. The Morgan fingerprint density at radius 3 is 2.89 bits per heavy atom. The fraction of sp³-hybridized carbons (Fsp3) is 0.500. The third-order valence-corrected chi connectivity index (χ3v) is 5.91. The summed E-state index contributed by atoms with van der Waals surface area (Å²) in [6, 6.07) is 4.84. The summed E-state index contributed by atoms with van der Waals surface area (Å²) in [7, 11) is -3.43. The Bertz CT molecular complexity index is 523. The number of nitrogen functional groups attached to an aromatic ring is 1. The first-order chi connectivity index (χ1) is 8.49. The number of anilines is 1. The average molecular weight is 286 g/mol. The Kier molecular flexibility index (Phi) is 4.19. The van der Waals surface area contributed by atoms with Crippen LogP contribution in [0.3, 0.4) is 0 Å². The molecule has 0 saturated carbocycles. The van der Waals surface area contributed by atoms with Crippen LogP contribution in [-0.2, 0) is 10.0 Å². The molecule has 0 aliphatic carbocycles. The Labute approximate surface area is 112 Å². The number of nitrogens with one attached hydrogen (secondary N) is 1. The molecule has 1 saturated heterocycles. The predicted molar refractivity (Wildman–Crippen MR) is 76.3 cm³/mol. The summed E-state index contributed by atoms with van der Waals surface area (Å²) in [5.41, 5.74) is 7.14. The fourth-order valence-corrected chi connectivity index (χ4v) is 4.30. The Hall–Kier alpha value is -0.720. The van der Waals surface area contributed by atoms with Gasteiger partial charge in [-0.05, 0) is 43.2 Å². The Morgan fingerprint density at radius 2 is 2.28 bits per heavy atom. The fourth-order valence-electron chi connectivity index (χ4n) is 1.88. The van der Waals surface area contributed by atoms with Gasteiger partial charge in [-0.25, -0.2) is 13.1 Å². The zero-order chi connectivity index (χ0) is 13.2. The second-order valence-corrected chi connectivity index (χ2v) is 7.68. The molecule has 0 spiro atoms. The number of rotatable bonds is 4. The van der Waals surface area contributed by atoms with Crippen LogP contribution < -0.4 is 10.5 Å². The van der Waals surface area contributed by atoms with E-state index < -0.39 is 10.0 Å². The minimum Gasteiger partial charge on any atom is -0.398 e. The molecular weight excluding hydrogens is 268 g/mol. The van der Waals surface area contributed by atoms with E-state index in [1.54, 1.807) is 12.1 Å². The van der Waals surface area contributed by atoms with Gasteiger partial charge in [0.2, 0.25) is 10.0 Å². The average Bonchev–Trinajstić information content (AvgIpc) is 2.83. The van der Waals surface area contributed by atoms with Gasteiger partial charge in [0.15, 0.2) is 0 Å². The van der Waals surface area contributed by atoms with E-state index in [1.165, 1.54) is 12.5 Å². The lowest BCUT2D eigenvalue weighted by Gasteiger charge is -2.11. The highest BCUT2D eigenvalue weighted by atomic mass is 32.2. The van der Waals surface area contributed by atoms with E-state index in [-0.39, 0.29) is 4.90 Å². The number of aryl methyl sites for hydroxylation is 1. The van der Waals surface area contributed by atoms with Crippen molar-refractivity contribution in [3.8, 4) is 0 Å². The van der Waals surface area contributed by atoms with Gasteiger partial charge in [0.05, 0.1) is 4.90 Å². The van der Waals surface area contributed by atoms with Crippen LogP contribution in [-0.4, -0.2) is 26.0 Å². The van der Waals surface area contributed by atoms with E-state index in [0.29, 0.717) is 17.5 Å². The number of sulfonamides is 1. The minimum absolute atomic E-state index is 0.244. The van der Waals surface area contributed by atoms with Crippen LogP contribution >= 0.6 is 11.8 Å². The third kappa shape index (κ3) is 3.18. The molecule has 0 amide bonds. The van der Waals surface area contributed by atoms with Crippen molar-refractivity contribution in [2.24, 2.45) is 0 Å². The SMILES string of the molecule is Cc1ccc(S(=O)(=O)NCC2CCCS2)cc1N. The maximum absolute atomic E-state index is 12.1. The quantitative estimate of drug-likeness (QED) is 0.827. The molecule has 1 fully saturated rings. The van der Waals surface area contributed by atoms with Crippen molar-refractivity contribution in [2.45, 2.75) is 29.9 Å². The minimum atomic E-state index is -3.43. The van der Waals surface area contributed by atoms with Gasteiger partial charge < -0.3 is 5.73 Å². The van der Waals surface area contributed by atoms with Crippen molar-refractivity contribution in [1.82, 2.24) is 4.72 Å². The molecule has 1 aromatic carbocycles. The van der Waals surface area contributed by atoms with E-state index in [2.05, 4.69) is 4.72 Å². The zero-order valence-corrected chi connectivity index (χ0v) is 12.0. The van der Waals surface area contributed by atoms with Gasteiger partial charge in [0.25, 0.3) is 0 Å². The molecule has 18 heavy (non-hydrogen) atoms. The van der Waals surface area contributed by atoms with Crippen LogP contribution in [0.15, 0.2) is 23.1 Å². The van der Waals surface area contributed by atoms with E-state index in [1.807, 2.05) is 18.7 Å². The lowest BCUT2D eigenvalue weighted by Crippen LogP contribution is -2.29.